The third-order valence-corrected chi connectivity index (χ3v) is 12.5. The third-order valence-electron chi connectivity index (χ3n) is 12.5. The van der Waals surface area contributed by atoms with Gasteiger partial charge in [0.05, 0.1) is 29.3 Å². The van der Waals surface area contributed by atoms with Gasteiger partial charge >= 0.3 is 0 Å². The molecule has 0 bridgehead atoms. The Kier molecular flexibility index (Phi) is 62.1. The van der Waals surface area contributed by atoms with Crippen molar-refractivity contribution in [1.29, 1.82) is 5.26 Å². The summed E-state index contributed by atoms with van der Waals surface area (Å²) in [4.78, 5) is 24.0. The molecule has 4 aromatic rings. The van der Waals surface area contributed by atoms with Crippen molar-refractivity contribution < 1.29 is 23.5 Å². The average Bonchev–Trinajstić information content (AvgIpc) is 3.38. The number of carbonyl (C=O) groups excluding carboxylic acids is 1. The number of ether oxygens (including phenoxy) is 2. The highest BCUT2D eigenvalue weighted by Crippen LogP contribution is 2.22. The second-order valence-corrected chi connectivity index (χ2v) is 18.7. The summed E-state index contributed by atoms with van der Waals surface area (Å²) in [7, 11) is 0. The van der Waals surface area contributed by atoms with Crippen LogP contribution in [0, 0.1) is 21.4 Å². The lowest BCUT2D eigenvalue weighted by Gasteiger charge is -2.25. The fraction of sp³-hybridized carbons (Fsp3) is 0.569. The fourth-order valence-electron chi connectivity index (χ4n) is 8.04. The normalized spacial score (nSPS) is 9.79. The molecule has 0 aliphatic rings. The summed E-state index contributed by atoms with van der Waals surface area (Å²) in [6, 6.07) is 32.6. The summed E-state index contributed by atoms with van der Waals surface area (Å²) >= 11 is 0. The Balaban J connectivity index is -0.000000129. The molecule has 0 radical (unpaired) electrons. The largest absolute Gasteiger partial charge is 0.494 e. The van der Waals surface area contributed by atoms with Crippen LogP contribution in [0.5, 0.6) is 11.5 Å². The number of hydrogen-bond donors (Lipinski definition) is 0. The highest BCUT2D eigenvalue weighted by atomic mass is 32.1. The van der Waals surface area contributed by atoms with E-state index in [-0.39, 0.29) is 92.0 Å². The number of non-ortho nitro benzene ring substituents is 1. The maximum absolute atomic E-state index is 11.4. The van der Waals surface area contributed by atoms with E-state index in [0.717, 1.165) is 49.2 Å². The van der Waals surface area contributed by atoms with Crippen LogP contribution in [0.25, 0.3) is 12.2 Å². The second kappa shape index (κ2) is 56.7. The molecule has 0 unspecified atom stereocenters. The van der Waals surface area contributed by atoms with E-state index < -0.39 is 4.92 Å². The van der Waals surface area contributed by atoms with Crippen LogP contribution in [0.15, 0.2) is 97.1 Å². The molecule has 0 aliphatic carbocycles. The first-order valence-electron chi connectivity index (χ1n) is 27.4. The highest BCUT2D eigenvalue weighted by molar-refractivity contribution is 7.59. The van der Waals surface area contributed by atoms with Crippen molar-refractivity contribution in [2.24, 2.45) is 0 Å². The first-order valence-corrected chi connectivity index (χ1v) is 27.4. The van der Waals surface area contributed by atoms with Gasteiger partial charge in [0.25, 0.3) is 5.69 Å². The first kappa shape index (κ1) is 84.3. The Labute approximate surface area is 504 Å². The lowest BCUT2D eigenvalue weighted by molar-refractivity contribution is -0.384. The van der Waals surface area contributed by atoms with E-state index in [0.29, 0.717) is 24.0 Å². The molecule has 12 heteroatoms. The topological polar surface area (TPSA) is 106 Å². The number of nitro benzene ring substituents is 1. The Morgan fingerprint density at radius 3 is 1.36 bits per heavy atom. The number of nitriles is 1. The van der Waals surface area contributed by atoms with Crippen molar-refractivity contribution in [3.63, 3.8) is 0 Å². The number of nitrogens with zero attached hydrogens (tertiary/aromatic N) is 3. The zero-order valence-electron chi connectivity index (χ0n) is 46.4. The minimum absolute atomic E-state index is 0. The van der Waals surface area contributed by atoms with Gasteiger partial charge in [-0.05, 0) is 112 Å². The molecule has 0 saturated heterocycles. The zero-order valence-corrected chi connectivity index (χ0v) is 50.4. The molecule has 446 valence electrons. The second-order valence-electron chi connectivity index (χ2n) is 18.7. The number of benzene rings is 4. The number of rotatable bonds is 35. The van der Waals surface area contributed by atoms with E-state index in [4.69, 9.17) is 14.7 Å². The molecule has 4 rings (SSSR count). The smallest absolute Gasteiger partial charge is 0.269 e. The zero-order chi connectivity index (χ0) is 50.9. The van der Waals surface area contributed by atoms with Crippen molar-refractivity contribution in [1.82, 2.24) is 0 Å². The molecule has 0 spiro atoms. The van der Waals surface area contributed by atoms with E-state index >= 15 is 0 Å². The van der Waals surface area contributed by atoms with Gasteiger partial charge < -0.3 is 14.4 Å². The van der Waals surface area contributed by atoms with E-state index in [1.54, 1.807) is 19.1 Å². The summed E-state index contributed by atoms with van der Waals surface area (Å²) in [6.45, 7) is 15.8. The van der Waals surface area contributed by atoms with Crippen molar-refractivity contribution in [3.05, 3.63) is 129 Å². The van der Waals surface area contributed by atoms with Crippen LogP contribution in [-0.2, 0) is 0 Å². The van der Waals surface area contributed by atoms with Gasteiger partial charge in [-0.3, -0.25) is 14.9 Å². The Bertz CT molecular complexity index is 1990. The minimum atomic E-state index is -0.400. The van der Waals surface area contributed by atoms with Crippen molar-refractivity contribution in [3.8, 4) is 17.6 Å². The lowest BCUT2D eigenvalue weighted by atomic mass is 10.0. The summed E-state index contributed by atoms with van der Waals surface area (Å²) in [5.41, 5.74) is 5.18. The number of hydrogen-bond acceptors (Lipinski definition) is 7. The molecule has 4 aromatic carbocycles. The van der Waals surface area contributed by atoms with Gasteiger partial charge in [0.1, 0.15) is 11.5 Å². The monoisotopic (exact) mass is 1150 g/mol. The van der Waals surface area contributed by atoms with E-state index in [1.807, 2.05) is 48.5 Å². The van der Waals surface area contributed by atoms with Crippen LogP contribution in [0.3, 0.4) is 0 Å². The molecule has 0 atom stereocenters. The molecule has 0 aromatic heterocycles. The Morgan fingerprint density at radius 1 is 0.558 bits per heavy atom. The quantitative estimate of drug-likeness (QED) is 0.0148. The van der Waals surface area contributed by atoms with Gasteiger partial charge in [-0.2, -0.15) is 59.2 Å². The highest BCUT2D eigenvalue weighted by Gasteiger charge is 2.11. The third kappa shape index (κ3) is 41.7. The molecule has 0 fully saturated rings. The van der Waals surface area contributed by atoms with Crippen LogP contribution in [0.2, 0.25) is 0 Å². The van der Waals surface area contributed by atoms with Crippen LogP contribution in [0.1, 0.15) is 249 Å². The van der Waals surface area contributed by atoms with Gasteiger partial charge in [-0.15, -0.1) is 0 Å². The van der Waals surface area contributed by atoms with Crippen LogP contribution >= 0.6 is 54.0 Å². The van der Waals surface area contributed by atoms with Crippen molar-refractivity contribution in [2.45, 2.75) is 224 Å². The van der Waals surface area contributed by atoms with Crippen LogP contribution in [0.4, 0.5) is 11.4 Å². The van der Waals surface area contributed by atoms with Gasteiger partial charge in [0, 0.05) is 40.8 Å². The number of nitro groups is 1. The maximum Gasteiger partial charge on any atom is 0.269 e. The molecule has 0 aliphatic heterocycles. The summed E-state index contributed by atoms with van der Waals surface area (Å²) in [5, 5.41) is 19.4. The number of anilines is 1. The van der Waals surface area contributed by atoms with Crippen LogP contribution < -0.4 is 14.4 Å². The first-order chi connectivity index (χ1) is 34.2. The van der Waals surface area contributed by atoms with E-state index in [1.165, 1.54) is 158 Å². The predicted octanol–water partition coefficient (Wildman–Crippen LogP) is 21.7. The Hall–Kier alpha value is -4.02. The van der Waals surface area contributed by atoms with Gasteiger partial charge in [0.15, 0.2) is 5.78 Å². The molecular weight excluding hydrogens is 1030 g/mol. The number of Topliss-reactive ketones (excluding diaryl/α,β-unsaturated/α-hetero) is 1. The summed E-state index contributed by atoms with van der Waals surface area (Å²) in [5.74, 6) is 1.71. The number of carbonyl (C=O) groups is 1. The van der Waals surface area contributed by atoms with Crippen molar-refractivity contribution >= 4 is 83.3 Å². The summed E-state index contributed by atoms with van der Waals surface area (Å²) < 4.78 is 11.7. The molecule has 8 nitrogen and oxygen atoms in total. The number of unbranched alkanes of at least 4 members (excludes halogenated alkanes) is 17. The van der Waals surface area contributed by atoms with Crippen molar-refractivity contribution in [2.75, 3.05) is 24.6 Å². The minimum Gasteiger partial charge on any atom is -0.494 e. The molecule has 0 amide bonds. The molecule has 0 N–H and O–H groups in total. The van der Waals surface area contributed by atoms with Gasteiger partial charge in [-0.1, -0.05) is 215 Å². The van der Waals surface area contributed by atoms with E-state index in [2.05, 4.69) is 82.0 Å². The van der Waals surface area contributed by atoms with Crippen LogP contribution in [-0.4, -0.2) is 36.5 Å². The molecule has 0 heterocycles. The SMILES string of the molecule is C.C.C.CCCCCCC(CCCCCC)Oc1ccc(C#N)cc1.CCCCCCCCCCOc1ccc([N+](=O)[O-])cc1.CCCCCN(CCCCC)c1ccc(/C=C/c2ccc(C(C)=O)cc2)cc1.S.S.S.S.[2HH].[2HH].[2HH]. The molecule has 0 saturated carbocycles. The Morgan fingerprint density at radius 2 is 0.948 bits per heavy atom. The molecular formula is C65H117N3O5S4. The lowest BCUT2D eigenvalue weighted by Crippen LogP contribution is -2.25. The van der Waals surface area contributed by atoms with Gasteiger partial charge in [-0.25, -0.2) is 0 Å². The number of ketones is 1. The van der Waals surface area contributed by atoms with E-state index in [9.17, 15) is 14.9 Å². The standard InChI is InChI=1S/C26H35NO.C20H31NO.C16H25NO3.3CH4.4H2S.3H2/c1-4-6-8-20-27(21-9-7-5-2)26-18-14-24(15-19-26)11-10-23-12-16-25(17-13-23)22(3)28;1-3-5-7-9-11-19(12-10-8-6-4-2)22-20-15-13-18(17-21)14-16-20;1-2-3-4-5-6-7-8-9-14-20-16-12-10-15(11-13-16)17(18)19;;;;;;;;;;/h10-19H,4-9,20-21H2,1-3H3;13-16,19H,3-12H2,1-2H3;10-13H,2-9,14H2,1H3;3*1H4;4*1H2;3*1H/b11-10+;;;;;;;;;;;;/i;;;;;;;;;;3*1+1. The predicted molar refractivity (Wildman–Crippen MR) is 365 cm³/mol. The van der Waals surface area contributed by atoms with Gasteiger partial charge in [0.2, 0.25) is 0 Å². The maximum atomic E-state index is 11.4. The fourth-order valence-corrected chi connectivity index (χ4v) is 8.04. The molecule has 77 heavy (non-hydrogen) atoms. The average molecular weight is 1150 g/mol. The summed E-state index contributed by atoms with van der Waals surface area (Å²) in [6.07, 6.45) is 35.0.